The van der Waals surface area contributed by atoms with E-state index in [0.717, 1.165) is 6.26 Å². The molecule has 0 radical (unpaired) electrons. The van der Waals surface area contributed by atoms with Crippen molar-refractivity contribution in [1.82, 2.24) is 4.37 Å². The second kappa shape index (κ2) is 4.88. The first kappa shape index (κ1) is 15.0. The standard InChI is InChI=1S/C7H9F4N3O2S2/c1-18(15,16)3-4(12)14-17-5(3)13-2-7(10,11)6(8)9/h6,13H,2H2,1H3,(H2,12,14). The van der Waals surface area contributed by atoms with Gasteiger partial charge >= 0.3 is 12.3 Å². The summed E-state index contributed by atoms with van der Waals surface area (Å²) in [5, 5.41) is 1.65. The van der Waals surface area contributed by atoms with E-state index in [1.165, 1.54) is 0 Å². The number of anilines is 2. The molecule has 1 rings (SSSR count). The molecular weight excluding hydrogens is 298 g/mol. The fourth-order valence-electron chi connectivity index (χ4n) is 1.04. The highest BCUT2D eigenvalue weighted by Crippen LogP contribution is 2.32. The number of hydrogen-bond donors (Lipinski definition) is 2. The van der Waals surface area contributed by atoms with Crippen molar-refractivity contribution < 1.29 is 26.0 Å². The van der Waals surface area contributed by atoms with Gasteiger partial charge in [0.05, 0.1) is 6.54 Å². The van der Waals surface area contributed by atoms with Crippen molar-refractivity contribution in [2.45, 2.75) is 17.2 Å². The third-order valence-corrected chi connectivity index (χ3v) is 3.95. The van der Waals surface area contributed by atoms with Crippen molar-refractivity contribution in [2.24, 2.45) is 0 Å². The molecule has 104 valence electrons. The van der Waals surface area contributed by atoms with E-state index in [2.05, 4.69) is 4.37 Å². The Morgan fingerprint density at radius 3 is 2.50 bits per heavy atom. The summed E-state index contributed by atoms with van der Waals surface area (Å²) in [6, 6.07) is 0. The number of nitrogens with one attached hydrogen (secondary N) is 1. The van der Waals surface area contributed by atoms with Crippen molar-refractivity contribution in [1.29, 1.82) is 0 Å². The van der Waals surface area contributed by atoms with Crippen molar-refractivity contribution in [3.05, 3.63) is 0 Å². The lowest BCUT2D eigenvalue weighted by atomic mass is 10.3. The second-order valence-corrected chi connectivity index (χ2v) is 6.14. The molecule has 3 N–H and O–H groups in total. The van der Waals surface area contributed by atoms with Crippen LogP contribution in [0, 0.1) is 0 Å². The molecule has 11 heteroatoms. The highest BCUT2D eigenvalue weighted by Gasteiger charge is 2.41. The maximum absolute atomic E-state index is 12.7. The number of hydrogen-bond acceptors (Lipinski definition) is 6. The van der Waals surface area contributed by atoms with E-state index in [-0.39, 0.29) is 10.8 Å². The van der Waals surface area contributed by atoms with Crippen molar-refractivity contribution in [3.8, 4) is 0 Å². The fourth-order valence-corrected chi connectivity index (χ4v) is 3.10. The van der Waals surface area contributed by atoms with E-state index in [4.69, 9.17) is 5.73 Å². The molecule has 0 aliphatic rings. The van der Waals surface area contributed by atoms with Crippen LogP contribution in [0.2, 0.25) is 0 Å². The first-order chi connectivity index (χ1) is 8.05. The zero-order chi connectivity index (χ0) is 14.1. The van der Waals surface area contributed by atoms with Gasteiger partial charge in [-0.15, -0.1) is 0 Å². The highest BCUT2D eigenvalue weighted by atomic mass is 32.2. The highest BCUT2D eigenvalue weighted by molar-refractivity contribution is 7.91. The lowest BCUT2D eigenvalue weighted by Gasteiger charge is -2.15. The SMILES string of the molecule is CS(=O)(=O)c1c(N)nsc1NCC(F)(F)C(F)F. The van der Waals surface area contributed by atoms with E-state index in [9.17, 15) is 26.0 Å². The lowest BCUT2D eigenvalue weighted by molar-refractivity contribution is -0.117. The fraction of sp³-hybridized carbons (Fsp3) is 0.571. The van der Waals surface area contributed by atoms with Crippen molar-refractivity contribution in [2.75, 3.05) is 23.9 Å². The van der Waals surface area contributed by atoms with Gasteiger partial charge < -0.3 is 11.1 Å². The Hall–Kier alpha value is -1.10. The third kappa shape index (κ3) is 3.22. The molecule has 0 saturated carbocycles. The third-order valence-electron chi connectivity index (χ3n) is 1.85. The van der Waals surface area contributed by atoms with Crippen LogP contribution in [0.4, 0.5) is 28.4 Å². The predicted molar refractivity (Wildman–Crippen MR) is 59.1 cm³/mol. The largest absolute Gasteiger partial charge is 0.382 e. The normalized spacial score (nSPS) is 13.0. The maximum Gasteiger partial charge on any atom is 0.324 e. The number of halogens is 4. The van der Waals surface area contributed by atoms with Crippen LogP contribution in [0.1, 0.15) is 0 Å². The smallest absolute Gasteiger partial charge is 0.324 e. The van der Waals surface area contributed by atoms with Gasteiger partial charge in [-0.25, -0.2) is 17.2 Å². The topological polar surface area (TPSA) is 85.1 Å². The Morgan fingerprint density at radius 1 is 1.50 bits per heavy atom. The Bertz CT molecular complexity index is 529. The number of nitrogen functional groups attached to an aromatic ring is 1. The van der Waals surface area contributed by atoms with Crippen molar-refractivity contribution in [3.63, 3.8) is 0 Å². The Balaban J connectivity index is 2.95. The van der Waals surface area contributed by atoms with Crippen LogP contribution in [0.25, 0.3) is 0 Å². The Kier molecular flexibility index (Phi) is 4.05. The minimum Gasteiger partial charge on any atom is -0.382 e. The zero-order valence-electron chi connectivity index (χ0n) is 8.95. The number of sulfone groups is 1. The average Bonchev–Trinajstić information content (AvgIpc) is 2.56. The Labute approximate surface area is 104 Å². The van der Waals surface area contributed by atoms with Crippen LogP contribution in [0.3, 0.4) is 0 Å². The summed E-state index contributed by atoms with van der Waals surface area (Å²) in [6.45, 7) is -1.41. The molecule has 18 heavy (non-hydrogen) atoms. The van der Waals surface area contributed by atoms with Gasteiger partial charge in [0, 0.05) is 6.26 Å². The molecule has 0 saturated heterocycles. The van der Waals surface area contributed by atoms with E-state index in [1.807, 2.05) is 5.32 Å². The molecule has 0 atom stereocenters. The van der Waals surface area contributed by atoms with E-state index >= 15 is 0 Å². The number of aromatic nitrogens is 1. The van der Waals surface area contributed by atoms with E-state index < -0.39 is 33.6 Å². The van der Waals surface area contributed by atoms with Gasteiger partial charge in [0.25, 0.3) is 0 Å². The second-order valence-electron chi connectivity index (χ2n) is 3.41. The van der Waals surface area contributed by atoms with Gasteiger partial charge in [-0.05, 0) is 11.5 Å². The van der Waals surface area contributed by atoms with Crippen LogP contribution in [-0.2, 0) is 9.84 Å². The summed E-state index contributed by atoms with van der Waals surface area (Å²) < 4.78 is 75.2. The summed E-state index contributed by atoms with van der Waals surface area (Å²) in [6.07, 6.45) is -3.04. The van der Waals surface area contributed by atoms with E-state index in [0.29, 0.717) is 11.5 Å². The average molecular weight is 307 g/mol. The molecule has 0 aliphatic carbocycles. The van der Waals surface area contributed by atoms with Crippen LogP contribution in [0.5, 0.6) is 0 Å². The number of nitrogens with two attached hydrogens (primary N) is 1. The van der Waals surface area contributed by atoms with Gasteiger partial charge in [0.1, 0.15) is 9.90 Å². The Morgan fingerprint density at radius 2 is 2.06 bits per heavy atom. The van der Waals surface area contributed by atoms with Crippen molar-refractivity contribution >= 4 is 32.2 Å². The molecular formula is C7H9F4N3O2S2. The summed E-state index contributed by atoms with van der Waals surface area (Å²) in [5.74, 6) is -4.63. The monoisotopic (exact) mass is 307 g/mol. The van der Waals surface area contributed by atoms with Gasteiger partial charge in [0.15, 0.2) is 15.7 Å². The van der Waals surface area contributed by atoms with Crippen LogP contribution < -0.4 is 11.1 Å². The first-order valence-corrected chi connectivity index (χ1v) is 7.07. The summed E-state index contributed by atoms with van der Waals surface area (Å²) in [4.78, 5) is -0.461. The summed E-state index contributed by atoms with van der Waals surface area (Å²) >= 11 is 0.512. The summed E-state index contributed by atoms with van der Waals surface area (Å²) in [7, 11) is -3.78. The van der Waals surface area contributed by atoms with E-state index in [1.54, 1.807) is 0 Å². The number of nitrogens with zero attached hydrogens (tertiary/aromatic N) is 1. The minimum absolute atomic E-state index is 0.282. The van der Waals surface area contributed by atoms with Gasteiger partial charge in [0.2, 0.25) is 0 Å². The van der Waals surface area contributed by atoms with Crippen LogP contribution >= 0.6 is 11.5 Å². The molecule has 1 heterocycles. The molecule has 5 nitrogen and oxygen atoms in total. The molecule has 1 aromatic rings. The first-order valence-electron chi connectivity index (χ1n) is 4.40. The van der Waals surface area contributed by atoms with Gasteiger partial charge in [-0.3, -0.25) is 0 Å². The molecule has 0 aromatic carbocycles. The molecule has 0 spiro atoms. The zero-order valence-corrected chi connectivity index (χ0v) is 10.6. The molecule has 1 aromatic heterocycles. The van der Waals surface area contributed by atoms with Crippen LogP contribution in [-0.4, -0.2) is 37.9 Å². The molecule has 0 aliphatic heterocycles. The van der Waals surface area contributed by atoms with Gasteiger partial charge in [-0.1, -0.05) is 0 Å². The summed E-state index contributed by atoms with van der Waals surface area (Å²) in [5.41, 5.74) is 5.27. The number of rotatable bonds is 5. The van der Waals surface area contributed by atoms with Crippen LogP contribution in [0.15, 0.2) is 4.90 Å². The minimum atomic E-state index is -4.27. The molecule has 0 bridgehead atoms. The van der Waals surface area contributed by atoms with Gasteiger partial charge in [-0.2, -0.15) is 13.2 Å². The maximum atomic E-state index is 12.7. The quantitative estimate of drug-likeness (QED) is 0.804. The number of alkyl halides is 4. The predicted octanol–water partition coefficient (Wildman–Crippen LogP) is 1.44. The lowest BCUT2D eigenvalue weighted by Crippen LogP contribution is -2.34. The molecule has 0 fully saturated rings. The molecule has 0 unspecified atom stereocenters. The molecule has 0 amide bonds.